The Hall–Kier alpha value is -0.0400. The van der Waals surface area contributed by atoms with Gasteiger partial charge in [-0.1, -0.05) is 33.1 Å². The van der Waals surface area contributed by atoms with Crippen molar-refractivity contribution in [1.29, 1.82) is 0 Å². The fourth-order valence-corrected chi connectivity index (χ4v) is 3.43. The molecule has 0 atom stereocenters. The molecule has 1 heteroatoms. The summed E-state index contributed by atoms with van der Waals surface area (Å²) in [6.45, 7) is 8.91. The lowest BCUT2D eigenvalue weighted by Crippen LogP contribution is -2.37. The third-order valence-electron chi connectivity index (χ3n) is 4.94. The fourth-order valence-electron chi connectivity index (χ4n) is 3.43. The third kappa shape index (κ3) is 3.48. The summed E-state index contributed by atoms with van der Waals surface area (Å²) in [5.41, 5.74) is 0. The molecule has 1 nitrogen and oxygen atoms in total. The fraction of sp³-hybridized carbons (Fsp3) is 1.00. The van der Waals surface area contributed by atoms with Crippen LogP contribution in [0, 0.1) is 17.8 Å². The first kappa shape index (κ1) is 12.4. The van der Waals surface area contributed by atoms with E-state index >= 15 is 0 Å². The van der Waals surface area contributed by atoms with E-state index in [1.807, 2.05) is 0 Å². The number of nitrogens with zero attached hydrogens (tertiary/aromatic N) is 1. The Morgan fingerprint density at radius 3 is 2.00 bits per heavy atom. The van der Waals surface area contributed by atoms with Gasteiger partial charge >= 0.3 is 0 Å². The zero-order valence-electron chi connectivity index (χ0n) is 11.3. The van der Waals surface area contributed by atoms with E-state index in [4.69, 9.17) is 0 Å². The number of piperidine rings is 1. The summed E-state index contributed by atoms with van der Waals surface area (Å²) in [4.78, 5) is 2.73. The van der Waals surface area contributed by atoms with Gasteiger partial charge in [0.2, 0.25) is 0 Å². The summed E-state index contributed by atoms with van der Waals surface area (Å²) in [7, 11) is 0. The van der Waals surface area contributed by atoms with Crippen molar-refractivity contribution in [3.05, 3.63) is 0 Å². The van der Waals surface area contributed by atoms with Crippen molar-refractivity contribution in [1.82, 2.24) is 4.90 Å². The van der Waals surface area contributed by atoms with Gasteiger partial charge in [-0.3, -0.25) is 0 Å². The minimum absolute atomic E-state index is 0.979. The van der Waals surface area contributed by atoms with Crippen molar-refractivity contribution in [2.24, 2.45) is 17.8 Å². The maximum Gasteiger partial charge on any atom is 0.000966 e. The van der Waals surface area contributed by atoms with Crippen LogP contribution < -0.4 is 0 Å². The molecule has 0 amide bonds. The Bertz CT molecular complexity index is 186. The normalized spacial score (nSPS) is 34.1. The predicted octanol–water partition coefficient (Wildman–Crippen LogP) is 3.93. The van der Waals surface area contributed by atoms with Crippen LogP contribution in [0.1, 0.15) is 58.8 Å². The van der Waals surface area contributed by atoms with E-state index in [1.165, 1.54) is 64.6 Å². The second-order valence-corrected chi connectivity index (χ2v) is 6.28. The van der Waals surface area contributed by atoms with E-state index in [0.717, 1.165) is 17.8 Å². The van der Waals surface area contributed by atoms with Crippen molar-refractivity contribution in [3.8, 4) is 0 Å². The second kappa shape index (κ2) is 6.05. The molecule has 1 saturated heterocycles. The average Bonchev–Trinajstić information content (AvgIpc) is 2.33. The topological polar surface area (TPSA) is 3.24 Å². The van der Waals surface area contributed by atoms with E-state index < -0.39 is 0 Å². The van der Waals surface area contributed by atoms with Gasteiger partial charge in [-0.05, 0) is 56.5 Å². The molecule has 16 heavy (non-hydrogen) atoms. The van der Waals surface area contributed by atoms with Crippen molar-refractivity contribution >= 4 is 0 Å². The molecule has 0 aromatic carbocycles. The van der Waals surface area contributed by atoms with Crippen LogP contribution in [-0.2, 0) is 0 Å². The molecule has 94 valence electrons. The molecule has 1 heterocycles. The minimum Gasteiger partial charge on any atom is -0.303 e. The second-order valence-electron chi connectivity index (χ2n) is 6.28. The Labute approximate surface area is 102 Å². The summed E-state index contributed by atoms with van der Waals surface area (Å²) in [5.74, 6) is 3.06. The van der Waals surface area contributed by atoms with Crippen molar-refractivity contribution < 1.29 is 0 Å². The minimum atomic E-state index is 0.979. The van der Waals surface area contributed by atoms with Crippen LogP contribution in [0.3, 0.4) is 0 Å². The first-order chi connectivity index (χ1) is 7.78. The quantitative estimate of drug-likeness (QED) is 0.700. The monoisotopic (exact) mass is 223 g/mol. The summed E-state index contributed by atoms with van der Waals surface area (Å²) in [5, 5.41) is 0. The lowest BCUT2D eigenvalue weighted by Gasteiger charge is -2.35. The molecule has 0 bridgehead atoms. The maximum atomic E-state index is 2.73. The van der Waals surface area contributed by atoms with Gasteiger partial charge < -0.3 is 4.90 Å². The standard InChI is InChI=1S/C15H29N/c1-3-14-4-6-15(7-5-14)12-16-10-8-13(2)9-11-16/h13-15H,3-12H2,1-2H3. The highest BCUT2D eigenvalue weighted by molar-refractivity contribution is 4.77. The van der Waals surface area contributed by atoms with Crippen LogP contribution in [0.15, 0.2) is 0 Å². The van der Waals surface area contributed by atoms with Gasteiger partial charge in [0.25, 0.3) is 0 Å². The molecule has 0 spiro atoms. The molecular weight excluding hydrogens is 194 g/mol. The Morgan fingerprint density at radius 1 is 0.875 bits per heavy atom. The summed E-state index contributed by atoms with van der Waals surface area (Å²) >= 11 is 0. The largest absolute Gasteiger partial charge is 0.303 e. The van der Waals surface area contributed by atoms with Crippen LogP contribution in [-0.4, -0.2) is 24.5 Å². The first-order valence-corrected chi connectivity index (χ1v) is 7.50. The summed E-state index contributed by atoms with van der Waals surface area (Å²) in [6, 6.07) is 0. The van der Waals surface area contributed by atoms with E-state index in [0.29, 0.717) is 0 Å². The lowest BCUT2D eigenvalue weighted by atomic mass is 9.80. The molecule has 0 unspecified atom stereocenters. The molecule has 0 aromatic heterocycles. The van der Waals surface area contributed by atoms with Gasteiger partial charge in [0.15, 0.2) is 0 Å². The van der Waals surface area contributed by atoms with E-state index in [2.05, 4.69) is 18.7 Å². The van der Waals surface area contributed by atoms with E-state index in [1.54, 1.807) is 0 Å². The molecule has 0 radical (unpaired) electrons. The maximum absolute atomic E-state index is 2.73. The Balaban J connectivity index is 1.66. The highest BCUT2D eigenvalue weighted by atomic mass is 15.1. The molecule has 0 N–H and O–H groups in total. The Kier molecular flexibility index (Phi) is 4.69. The van der Waals surface area contributed by atoms with Gasteiger partial charge in [0, 0.05) is 6.54 Å². The number of hydrogen-bond acceptors (Lipinski definition) is 1. The Morgan fingerprint density at radius 2 is 1.44 bits per heavy atom. The molecule has 0 aromatic rings. The molecule has 2 fully saturated rings. The highest BCUT2D eigenvalue weighted by Crippen LogP contribution is 2.31. The third-order valence-corrected chi connectivity index (χ3v) is 4.94. The van der Waals surface area contributed by atoms with Crippen molar-refractivity contribution in [2.45, 2.75) is 58.8 Å². The smallest absolute Gasteiger partial charge is 0.000966 e. The summed E-state index contributed by atoms with van der Waals surface area (Å²) in [6.07, 6.45) is 10.3. The van der Waals surface area contributed by atoms with Gasteiger partial charge in [0.05, 0.1) is 0 Å². The first-order valence-electron chi connectivity index (χ1n) is 7.50. The number of hydrogen-bond donors (Lipinski definition) is 0. The number of likely N-dealkylation sites (tertiary alicyclic amines) is 1. The zero-order chi connectivity index (χ0) is 11.4. The van der Waals surface area contributed by atoms with Gasteiger partial charge in [-0.2, -0.15) is 0 Å². The lowest BCUT2D eigenvalue weighted by molar-refractivity contribution is 0.140. The van der Waals surface area contributed by atoms with Crippen molar-refractivity contribution in [2.75, 3.05) is 19.6 Å². The van der Waals surface area contributed by atoms with E-state index in [9.17, 15) is 0 Å². The SMILES string of the molecule is CCC1CCC(CN2CCC(C)CC2)CC1. The van der Waals surface area contributed by atoms with Crippen LogP contribution in [0.25, 0.3) is 0 Å². The molecule has 2 rings (SSSR count). The van der Waals surface area contributed by atoms with Gasteiger partial charge in [0.1, 0.15) is 0 Å². The highest BCUT2D eigenvalue weighted by Gasteiger charge is 2.23. The van der Waals surface area contributed by atoms with Crippen molar-refractivity contribution in [3.63, 3.8) is 0 Å². The van der Waals surface area contributed by atoms with E-state index in [-0.39, 0.29) is 0 Å². The van der Waals surface area contributed by atoms with Crippen LogP contribution in [0.5, 0.6) is 0 Å². The van der Waals surface area contributed by atoms with Gasteiger partial charge in [-0.15, -0.1) is 0 Å². The molecule has 1 aliphatic carbocycles. The summed E-state index contributed by atoms with van der Waals surface area (Å²) < 4.78 is 0. The molecule has 1 saturated carbocycles. The molecule has 1 aliphatic heterocycles. The van der Waals surface area contributed by atoms with Crippen LogP contribution in [0.2, 0.25) is 0 Å². The predicted molar refractivity (Wildman–Crippen MR) is 70.6 cm³/mol. The zero-order valence-corrected chi connectivity index (χ0v) is 11.3. The molecule has 2 aliphatic rings. The average molecular weight is 223 g/mol. The van der Waals surface area contributed by atoms with Crippen LogP contribution >= 0.6 is 0 Å². The van der Waals surface area contributed by atoms with Crippen LogP contribution in [0.4, 0.5) is 0 Å². The van der Waals surface area contributed by atoms with Gasteiger partial charge in [-0.25, -0.2) is 0 Å². The number of rotatable bonds is 3. The molecular formula is C15H29N.